The molecule has 0 unspecified atom stereocenters. The summed E-state index contributed by atoms with van der Waals surface area (Å²) in [6.07, 6.45) is 0.973. The molecule has 1 aromatic rings. The number of β-amino-alcohol motifs (C(OH)–C–C–N with tert-alkyl or cyclic N) is 1. The number of aliphatic hydroxyl groups excluding tert-OH is 1. The molecule has 1 atom stereocenters. The number of aliphatic hydroxyl groups is 1. The van der Waals surface area contributed by atoms with Gasteiger partial charge in [-0.05, 0) is 36.0 Å². The molecule has 1 fully saturated rings. The van der Waals surface area contributed by atoms with Gasteiger partial charge in [-0.25, -0.2) is 8.42 Å². The smallest absolute Gasteiger partial charge is 0.243 e. The molecule has 1 saturated heterocycles. The zero-order valence-corrected chi connectivity index (χ0v) is 13.2. The summed E-state index contributed by atoms with van der Waals surface area (Å²) in [4.78, 5) is 0.308. The maximum Gasteiger partial charge on any atom is 0.243 e. The van der Waals surface area contributed by atoms with Crippen LogP contribution in [-0.4, -0.2) is 37.0 Å². The molecule has 1 aromatic carbocycles. The molecule has 1 aliphatic heterocycles. The van der Waals surface area contributed by atoms with Crippen molar-refractivity contribution in [2.24, 2.45) is 0 Å². The zero-order valence-electron chi connectivity index (χ0n) is 12.3. The zero-order chi connectivity index (χ0) is 15.0. The lowest BCUT2D eigenvalue weighted by Gasteiger charge is -2.24. The summed E-state index contributed by atoms with van der Waals surface area (Å²) >= 11 is 0. The maximum atomic E-state index is 12.4. The van der Waals surface area contributed by atoms with Gasteiger partial charge in [0.15, 0.2) is 0 Å². The highest BCUT2D eigenvalue weighted by Crippen LogP contribution is 2.28. The largest absolute Gasteiger partial charge is 0.392 e. The van der Waals surface area contributed by atoms with Crippen LogP contribution in [0.15, 0.2) is 29.2 Å². The summed E-state index contributed by atoms with van der Waals surface area (Å²) < 4.78 is 26.2. The standard InChI is InChI=1S/C15H23NO3S/c1-4-15(2,3)12-5-7-14(8-6-12)20(18,19)16-10-9-13(17)11-16/h5-8,13,17H,4,9-11H2,1-3H3/t13-/m0/s1. The van der Waals surface area contributed by atoms with E-state index in [4.69, 9.17) is 0 Å². The highest BCUT2D eigenvalue weighted by molar-refractivity contribution is 7.89. The van der Waals surface area contributed by atoms with E-state index in [1.165, 1.54) is 4.31 Å². The van der Waals surface area contributed by atoms with E-state index < -0.39 is 16.1 Å². The van der Waals surface area contributed by atoms with E-state index in [2.05, 4.69) is 20.8 Å². The lowest BCUT2D eigenvalue weighted by atomic mass is 9.82. The molecule has 0 spiro atoms. The van der Waals surface area contributed by atoms with E-state index in [1.807, 2.05) is 12.1 Å². The van der Waals surface area contributed by atoms with Crippen LogP contribution in [0.3, 0.4) is 0 Å². The van der Waals surface area contributed by atoms with Crippen molar-refractivity contribution in [3.05, 3.63) is 29.8 Å². The van der Waals surface area contributed by atoms with Crippen molar-refractivity contribution < 1.29 is 13.5 Å². The molecular weight excluding hydrogens is 274 g/mol. The summed E-state index contributed by atoms with van der Waals surface area (Å²) in [6, 6.07) is 7.13. The first-order valence-corrected chi connectivity index (χ1v) is 8.50. The van der Waals surface area contributed by atoms with E-state index >= 15 is 0 Å². The second kappa shape index (κ2) is 5.47. The molecule has 0 radical (unpaired) electrons. The Hall–Kier alpha value is -0.910. The third-order valence-electron chi connectivity index (χ3n) is 4.28. The van der Waals surface area contributed by atoms with Gasteiger partial charge in [-0.3, -0.25) is 0 Å². The number of hydrogen-bond acceptors (Lipinski definition) is 3. The van der Waals surface area contributed by atoms with E-state index in [1.54, 1.807) is 12.1 Å². The Morgan fingerprint density at radius 2 is 1.90 bits per heavy atom. The van der Waals surface area contributed by atoms with Crippen LogP contribution >= 0.6 is 0 Å². The first-order chi connectivity index (χ1) is 9.27. The number of nitrogens with zero attached hydrogens (tertiary/aromatic N) is 1. The summed E-state index contributed by atoms with van der Waals surface area (Å²) in [7, 11) is -3.47. The highest BCUT2D eigenvalue weighted by Gasteiger charge is 2.31. The molecule has 0 saturated carbocycles. The minimum Gasteiger partial charge on any atom is -0.392 e. The molecule has 0 aliphatic carbocycles. The maximum absolute atomic E-state index is 12.4. The molecule has 5 heteroatoms. The minimum absolute atomic E-state index is 0.0477. The molecule has 0 amide bonds. The van der Waals surface area contributed by atoms with Crippen LogP contribution in [0.1, 0.15) is 39.2 Å². The van der Waals surface area contributed by atoms with Gasteiger partial charge in [0, 0.05) is 13.1 Å². The summed E-state index contributed by atoms with van der Waals surface area (Å²) in [6.45, 7) is 7.01. The first kappa shape index (κ1) is 15.5. The molecule has 0 bridgehead atoms. The van der Waals surface area contributed by atoms with Crippen molar-refractivity contribution in [3.8, 4) is 0 Å². The molecule has 1 heterocycles. The van der Waals surface area contributed by atoms with Crippen molar-refractivity contribution in [2.45, 2.75) is 50.0 Å². The van der Waals surface area contributed by atoms with Gasteiger partial charge in [0.1, 0.15) is 0 Å². The third kappa shape index (κ3) is 2.90. The van der Waals surface area contributed by atoms with E-state index in [-0.39, 0.29) is 12.0 Å². The van der Waals surface area contributed by atoms with Crippen molar-refractivity contribution in [1.82, 2.24) is 4.31 Å². The van der Waals surface area contributed by atoms with Gasteiger partial charge in [-0.15, -0.1) is 0 Å². The number of rotatable bonds is 4. The molecule has 2 rings (SSSR count). The Labute approximate surface area is 121 Å². The topological polar surface area (TPSA) is 57.6 Å². The Balaban J connectivity index is 2.26. The average Bonchev–Trinajstić information content (AvgIpc) is 2.86. The van der Waals surface area contributed by atoms with Crippen LogP contribution in [0.5, 0.6) is 0 Å². The van der Waals surface area contributed by atoms with E-state index in [0.29, 0.717) is 17.9 Å². The average molecular weight is 297 g/mol. The lowest BCUT2D eigenvalue weighted by molar-refractivity contribution is 0.189. The molecule has 112 valence electrons. The van der Waals surface area contributed by atoms with Gasteiger partial charge in [0.2, 0.25) is 10.0 Å². The molecule has 1 aliphatic rings. The fourth-order valence-electron chi connectivity index (χ4n) is 2.36. The monoisotopic (exact) mass is 297 g/mol. The molecular formula is C15H23NO3S. The van der Waals surface area contributed by atoms with Crippen LogP contribution < -0.4 is 0 Å². The van der Waals surface area contributed by atoms with Gasteiger partial charge in [0.25, 0.3) is 0 Å². The van der Waals surface area contributed by atoms with Crippen molar-refractivity contribution in [3.63, 3.8) is 0 Å². The predicted octanol–water partition coefficient (Wildman–Crippen LogP) is 2.13. The van der Waals surface area contributed by atoms with E-state index in [9.17, 15) is 13.5 Å². The SMILES string of the molecule is CCC(C)(C)c1ccc(S(=O)(=O)N2CC[C@H](O)C2)cc1. The molecule has 1 N–H and O–H groups in total. The molecule has 0 aromatic heterocycles. The van der Waals surface area contributed by atoms with Crippen LogP contribution in [0.4, 0.5) is 0 Å². The molecule has 4 nitrogen and oxygen atoms in total. The number of benzene rings is 1. The van der Waals surface area contributed by atoms with Gasteiger partial charge in [0.05, 0.1) is 11.0 Å². The van der Waals surface area contributed by atoms with Crippen LogP contribution in [0.25, 0.3) is 0 Å². The van der Waals surface area contributed by atoms with Crippen molar-refractivity contribution in [1.29, 1.82) is 0 Å². The van der Waals surface area contributed by atoms with Crippen LogP contribution in [0.2, 0.25) is 0 Å². The first-order valence-electron chi connectivity index (χ1n) is 7.06. The van der Waals surface area contributed by atoms with Gasteiger partial charge < -0.3 is 5.11 Å². The second-order valence-corrected chi connectivity index (χ2v) is 8.01. The van der Waals surface area contributed by atoms with Gasteiger partial charge >= 0.3 is 0 Å². The Bertz CT molecular complexity index is 563. The van der Waals surface area contributed by atoms with Crippen LogP contribution in [-0.2, 0) is 15.4 Å². The lowest BCUT2D eigenvalue weighted by Crippen LogP contribution is -2.29. The van der Waals surface area contributed by atoms with Crippen molar-refractivity contribution in [2.75, 3.05) is 13.1 Å². The fourth-order valence-corrected chi connectivity index (χ4v) is 3.85. The number of hydrogen-bond donors (Lipinski definition) is 1. The normalized spacial score (nSPS) is 21.3. The Morgan fingerprint density at radius 3 is 2.35 bits per heavy atom. The Kier molecular flexibility index (Phi) is 4.23. The summed E-state index contributed by atoms with van der Waals surface area (Å²) in [5.74, 6) is 0. The highest BCUT2D eigenvalue weighted by atomic mass is 32.2. The quantitative estimate of drug-likeness (QED) is 0.926. The summed E-state index contributed by atoms with van der Waals surface area (Å²) in [5, 5.41) is 9.49. The second-order valence-electron chi connectivity index (χ2n) is 6.07. The van der Waals surface area contributed by atoms with Gasteiger partial charge in [-0.2, -0.15) is 4.31 Å². The summed E-state index contributed by atoms with van der Waals surface area (Å²) in [5.41, 5.74) is 1.19. The predicted molar refractivity (Wildman–Crippen MR) is 79.1 cm³/mol. The van der Waals surface area contributed by atoms with Crippen LogP contribution in [0, 0.1) is 0 Å². The van der Waals surface area contributed by atoms with Gasteiger partial charge in [-0.1, -0.05) is 32.9 Å². The third-order valence-corrected chi connectivity index (χ3v) is 6.16. The van der Waals surface area contributed by atoms with E-state index in [0.717, 1.165) is 12.0 Å². The fraction of sp³-hybridized carbons (Fsp3) is 0.600. The minimum atomic E-state index is -3.47. The number of sulfonamides is 1. The van der Waals surface area contributed by atoms with Crippen molar-refractivity contribution >= 4 is 10.0 Å². The Morgan fingerprint density at radius 1 is 1.30 bits per heavy atom. The molecule has 20 heavy (non-hydrogen) atoms.